The minimum Gasteiger partial charge on any atom is -0.380 e. The highest BCUT2D eigenvalue weighted by Crippen LogP contribution is 2.26. The van der Waals surface area contributed by atoms with E-state index in [1.54, 1.807) is 6.20 Å². The Kier molecular flexibility index (Phi) is 7.64. The zero-order chi connectivity index (χ0) is 20.0. The van der Waals surface area contributed by atoms with Crippen molar-refractivity contribution < 1.29 is 4.79 Å². The standard InChI is InChI=1S/C23H35N3O/c1-6-8-19(9-7-2)21(24)10-12-25-22-11-13-26(23(22)27)20-14-16(3)18(5)17(4)15-20/h10,12,14-15,19,22,24-25H,6-9,11,13H2,1-5H3/b12-10-,24-21?. The van der Waals surface area contributed by atoms with E-state index in [1.807, 2.05) is 11.0 Å². The lowest BCUT2D eigenvalue weighted by Crippen LogP contribution is -2.36. The molecule has 0 radical (unpaired) electrons. The summed E-state index contributed by atoms with van der Waals surface area (Å²) in [6.45, 7) is 11.4. The molecule has 148 valence electrons. The second kappa shape index (κ2) is 9.72. The molecule has 1 aliphatic rings. The number of hydrogen-bond acceptors (Lipinski definition) is 3. The van der Waals surface area contributed by atoms with Crippen LogP contribution in [0.3, 0.4) is 0 Å². The number of allylic oxidation sites excluding steroid dienone is 1. The zero-order valence-electron chi connectivity index (χ0n) is 17.6. The molecular formula is C23H35N3O. The summed E-state index contributed by atoms with van der Waals surface area (Å²) in [6.07, 6.45) is 8.73. The quantitative estimate of drug-likeness (QED) is 0.598. The average molecular weight is 370 g/mol. The van der Waals surface area contributed by atoms with Crippen LogP contribution in [0.4, 0.5) is 5.69 Å². The summed E-state index contributed by atoms with van der Waals surface area (Å²) in [4.78, 5) is 14.7. The van der Waals surface area contributed by atoms with Crippen LogP contribution in [0.5, 0.6) is 0 Å². The summed E-state index contributed by atoms with van der Waals surface area (Å²) < 4.78 is 0. The number of amides is 1. The Morgan fingerprint density at radius 1 is 1.22 bits per heavy atom. The molecule has 1 heterocycles. The van der Waals surface area contributed by atoms with E-state index < -0.39 is 0 Å². The van der Waals surface area contributed by atoms with E-state index in [1.165, 1.54) is 16.7 Å². The van der Waals surface area contributed by atoms with Crippen molar-refractivity contribution in [1.29, 1.82) is 5.41 Å². The Hall–Kier alpha value is -2.10. The van der Waals surface area contributed by atoms with E-state index in [9.17, 15) is 4.79 Å². The van der Waals surface area contributed by atoms with E-state index in [0.717, 1.165) is 44.3 Å². The Labute approximate surface area is 164 Å². The zero-order valence-corrected chi connectivity index (χ0v) is 17.6. The van der Waals surface area contributed by atoms with Crippen LogP contribution in [0.15, 0.2) is 24.4 Å². The molecule has 0 aromatic heterocycles. The molecule has 1 aliphatic heterocycles. The number of benzene rings is 1. The summed E-state index contributed by atoms with van der Waals surface area (Å²) in [5.41, 5.74) is 5.39. The monoisotopic (exact) mass is 369 g/mol. The van der Waals surface area contributed by atoms with E-state index >= 15 is 0 Å². The van der Waals surface area contributed by atoms with Crippen molar-refractivity contribution in [3.63, 3.8) is 0 Å². The second-order valence-electron chi connectivity index (χ2n) is 7.77. The Morgan fingerprint density at radius 3 is 2.37 bits per heavy atom. The van der Waals surface area contributed by atoms with Gasteiger partial charge in [-0.1, -0.05) is 26.7 Å². The first-order valence-electron chi connectivity index (χ1n) is 10.3. The van der Waals surface area contributed by atoms with Gasteiger partial charge in [-0.15, -0.1) is 0 Å². The summed E-state index contributed by atoms with van der Waals surface area (Å²) in [6, 6.07) is 4.01. The lowest BCUT2D eigenvalue weighted by Gasteiger charge is -2.19. The van der Waals surface area contributed by atoms with Crippen LogP contribution in [0.1, 0.15) is 62.6 Å². The van der Waals surface area contributed by atoms with E-state index in [0.29, 0.717) is 11.6 Å². The molecule has 1 saturated heterocycles. The van der Waals surface area contributed by atoms with Gasteiger partial charge in [0.05, 0.1) is 0 Å². The number of nitrogens with one attached hydrogen (secondary N) is 2. The van der Waals surface area contributed by atoms with Crippen molar-refractivity contribution in [3.8, 4) is 0 Å². The Balaban J connectivity index is 1.98. The summed E-state index contributed by atoms with van der Waals surface area (Å²) >= 11 is 0. The van der Waals surface area contributed by atoms with Crippen LogP contribution < -0.4 is 10.2 Å². The van der Waals surface area contributed by atoms with E-state index in [-0.39, 0.29) is 11.9 Å². The van der Waals surface area contributed by atoms with Gasteiger partial charge in [0.2, 0.25) is 5.91 Å². The number of carbonyl (C=O) groups is 1. The SMILES string of the molecule is CCCC(CCC)C(=N)/C=C\NC1CCN(c2cc(C)c(C)c(C)c2)C1=O. The first-order valence-corrected chi connectivity index (χ1v) is 10.3. The molecule has 4 nitrogen and oxygen atoms in total. The highest BCUT2D eigenvalue weighted by atomic mass is 16.2. The molecule has 4 heteroatoms. The van der Waals surface area contributed by atoms with Gasteiger partial charge in [-0.05, 0) is 81.1 Å². The minimum absolute atomic E-state index is 0.118. The molecule has 0 bridgehead atoms. The highest BCUT2D eigenvalue weighted by molar-refractivity contribution is 6.00. The largest absolute Gasteiger partial charge is 0.380 e. The molecular weight excluding hydrogens is 334 g/mol. The fourth-order valence-electron chi connectivity index (χ4n) is 3.80. The molecule has 27 heavy (non-hydrogen) atoms. The first-order chi connectivity index (χ1) is 12.9. The maximum Gasteiger partial charge on any atom is 0.249 e. The highest BCUT2D eigenvalue weighted by Gasteiger charge is 2.32. The fraction of sp³-hybridized carbons (Fsp3) is 0.565. The number of aryl methyl sites for hydroxylation is 2. The minimum atomic E-state index is -0.202. The molecule has 1 aromatic carbocycles. The average Bonchev–Trinajstić information content (AvgIpc) is 2.99. The van der Waals surface area contributed by atoms with Crippen LogP contribution in [0, 0.1) is 32.1 Å². The van der Waals surface area contributed by atoms with Crippen molar-refractivity contribution in [2.24, 2.45) is 5.92 Å². The van der Waals surface area contributed by atoms with Gasteiger partial charge in [0.1, 0.15) is 6.04 Å². The molecule has 0 aliphatic carbocycles. The van der Waals surface area contributed by atoms with Crippen molar-refractivity contribution in [2.45, 2.75) is 72.8 Å². The molecule has 1 aromatic rings. The Morgan fingerprint density at radius 2 is 1.81 bits per heavy atom. The first kappa shape index (κ1) is 21.2. The van der Waals surface area contributed by atoms with Gasteiger partial charge in [0, 0.05) is 23.9 Å². The number of anilines is 1. The van der Waals surface area contributed by atoms with Crippen LogP contribution >= 0.6 is 0 Å². The topological polar surface area (TPSA) is 56.2 Å². The van der Waals surface area contributed by atoms with Crippen molar-refractivity contribution in [2.75, 3.05) is 11.4 Å². The van der Waals surface area contributed by atoms with E-state index in [4.69, 9.17) is 5.41 Å². The molecule has 1 unspecified atom stereocenters. The van der Waals surface area contributed by atoms with Gasteiger partial charge in [0.25, 0.3) is 0 Å². The van der Waals surface area contributed by atoms with Gasteiger partial charge < -0.3 is 15.6 Å². The summed E-state index contributed by atoms with van der Waals surface area (Å²) in [5.74, 6) is 0.444. The number of carbonyl (C=O) groups excluding carboxylic acids is 1. The van der Waals surface area contributed by atoms with Crippen molar-refractivity contribution in [3.05, 3.63) is 41.1 Å². The summed E-state index contributed by atoms with van der Waals surface area (Å²) in [5, 5.41) is 11.5. The third-order valence-corrected chi connectivity index (χ3v) is 5.70. The van der Waals surface area contributed by atoms with Crippen LogP contribution in [-0.4, -0.2) is 24.2 Å². The molecule has 0 spiro atoms. The van der Waals surface area contributed by atoms with Gasteiger partial charge in [-0.2, -0.15) is 0 Å². The lowest BCUT2D eigenvalue weighted by atomic mass is 9.93. The third-order valence-electron chi connectivity index (χ3n) is 5.70. The molecule has 1 amide bonds. The second-order valence-corrected chi connectivity index (χ2v) is 7.77. The predicted octanol–water partition coefficient (Wildman–Crippen LogP) is 5.06. The Bertz CT molecular complexity index is 679. The maximum atomic E-state index is 12.8. The van der Waals surface area contributed by atoms with E-state index in [2.05, 4.69) is 52.1 Å². The van der Waals surface area contributed by atoms with Gasteiger partial charge in [-0.3, -0.25) is 4.79 Å². The van der Waals surface area contributed by atoms with Crippen LogP contribution in [0.25, 0.3) is 0 Å². The van der Waals surface area contributed by atoms with Crippen LogP contribution in [-0.2, 0) is 4.79 Å². The smallest absolute Gasteiger partial charge is 0.249 e. The number of nitrogens with zero attached hydrogens (tertiary/aromatic N) is 1. The maximum absolute atomic E-state index is 12.8. The number of hydrogen-bond donors (Lipinski definition) is 2. The van der Waals surface area contributed by atoms with Crippen LogP contribution in [0.2, 0.25) is 0 Å². The molecule has 1 fully saturated rings. The van der Waals surface area contributed by atoms with Crippen molar-refractivity contribution >= 4 is 17.3 Å². The van der Waals surface area contributed by atoms with Crippen molar-refractivity contribution in [1.82, 2.24) is 5.32 Å². The predicted molar refractivity (Wildman–Crippen MR) is 115 cm³/mol. The molecule has 2 rings (SSSR count). The van der Waals surface area contributed by atoms with Gasteiger partial charge in [0.15, 0.2) is 0 Å². The molecule has 0 saturated carbocycles. The molecule has 2 N–H and O–H groups in total. The fourth-order valence-corrected chi connectivity index (χ4v) is 3.80. The third kappa shape index (κ3) is 5.21. The number of rotatable bonds is 9. The van der Waals surface area contributed by atoms with Gasteiger partial charge in [-0.25, -0.2) is 0 Å². The normalized spacial score (nSPS) is 17.3. The molecule has 1 atom stereocenters. The lowest BCUT2D eigenvalue weighted by molar-refractivity contribution is -0.118. The van der Waals surface area contributed by atoms with Gasteiger partial charge >= 0.3 is 0 Å². The summed E-state index contributed by atoms with van der Waals surface area (Å²) in [7, 11) is 0.